The van der Waals surface area contributed by atoms with Gasteiger partial charge >= 0.3 is 5.97 Å². The number of amides is 1. The number of nitriles is 1. The summed E-state index contributed by atoms with van der Waals surface area (Å²) in [5, 5.41) is 12.2. The van der Waals surface area contributed by atoms with Crippen LogP contribution in [0.25, 0.3) is 0 Å². The highest BCUT2D eigenvalue weighted by Gasteiger charge is 2.16. The molecule has 0 saturated carbocycles. The van der Waals surface area contributed by atoms with Gasteiger partial charge in [-0.25, -0.2) is 4.79 Å². The van der Waals surface area contributed by atoms with Gasteiger partial charge in [-0.1, -0.05) is 12.1 Å². The first-order chi connectivity index (χ1) is 11.5. The molecule has 0 fully saturated rings. The normalized spacial score (nSPS) is 9.88. The largest absolute Gasteiger partial charge is 0.452 e. The van der Waals surface area contributed by atoms with Crippen LogP contribution in [0.2, 0.25) is 0 Å². The minimum Gasteiger partial charge on any atom is -0.452 e. The zero-order valence-corrected chi connectivity index (χ0v) is 13.9. The Morgan fingerprint density at radius 3 is 2.54 bits per heavy atom. The predicted molar refractivity (Wildman–Crippen MR) is 89.2 cm³/mol. The van der Waals surface area contributed by atoms with E-state index in [9.17, 15) is 14.4 Å². The summed E-state index contributed by atoms with van der Waals surface area (Å²) in [4.78, 5) is 35.2. The third kappa shape index (κ3) is 3.86. The van der Waals surface area contributed by atoms with E-state index in [1.807, 2.05) is 13.8 Å². The number of hydrogen-bond donors (Lipinski definition) is 1. The zero-order chi connectivity index (χ0) is 17.7. The summed E-state index contributed by atoms with van der Waals surface area (Å²) in [6.07, 6.45) is 0.667. The van der Waals surface area contributed by atoms with Crippen molar-refractivity contribution in [1.82, 2.24) is 0 Å². The summed E-state index contributed by atoms with van der Waals surface area (Å²) in [7, 11) is 0. The van der Waals surface area contributed by atoms with Crippen molar-refractivity contribution < 1.29 is 19.1 Å². The number of carbonyl (C=O) groups is 3. The molecule has 0 spiro atoms. The topological polar surface area (TPSA) is 96.3 Å². The SMILES string of the molecule is Cc1sc(NC(=O)COC(=O)c2ccc(C=O)cc2)c(C#N)c1C. The highest BCUT2D eigenvalue weighted by molar-refractivity contribution is 7.16. The fourth-order valence-electron chi connectivity index (χ4n) is 1.92. The molecule has 0 radical (unpaired) electrons. The van der Waals surface area contributed by atoms with Crippen LogP contribution in [0.15, 0.2) is 24.3 Å². The summed E-state index contributed by atoms with van der Waals surface area (Å²) in [5.74, 6) is -1.19. The van der Waals surface area contributed by atoms with E-state index < -0.39 is 18.5 Å². The fourth-order valence-corrected chi connectivity index (χ4v) is 2.95. The maximum atomic E-state index is 11.9. The Morgan fingerprint density at radius 2 is 1.96 bits per heavy atom. The van der Waals surface area contributed by atoms with E-state index in [-0.39, 0.29) is 5.56 Å². The molecule has 0 atom stereocenters. The molecule has 1 aromatic carbocycles. The van der Waals surface area contributed by atoms with Crippen molar-refractivity contribution >= 4 is 34.5 Å². The van der Waals surface area contributed by atoms with E-state index in [1.54, 1.807) is 0 Å². The van der Waals surface area contributed by atoms with Gasteiger partial charge in [0.05, 0.1) is 11.1 Å². The molecule has 1 aromatic heterocycles. The first-order valence-electron chi connectivity index (χ1n) is 6.98. The standard InChI is InChI=1S/C17H14N2O4S/c1-10-11(2)24-16(14(10)7-18)19-15(21)9-23-17(22)13-5-3-12(8-20)4-6-13/h3-6,8H,9H2,1-2H3,(H,19,21). The molecule has 2 rings (SSSR count). The summed E-state index contributed by atoms with van der Waals surface area (Å²) in [6.45, 7) is 3.21. The van der Waals surface area contributed by atoms with Gasteiger partial charge in [0.25, 0.3) is 5.91 Å². The number of carbonyl (C=O) groups excluding carboxylic acids is 3. The van der Waals surface area contributed by atoms with Crippen LogP contribution in [0, 0.1) is 25.2 Å². The number of esters is 1. The average molecular weight is 342 g/mol. The van der Waals surface area contributed by atoms with E-state index in [0.29, 0.717) is 22.4 Å². The van der Waals surface area contributed by atoms with Crippen molar-refractivity contribution in [2.24, 2.45) is 0 Å². The monoisotopic (exact) mass is 342 g/mol. The first-order valence-corrected chi connectivity index (χ1v) is 7.80. The van der Waals surface area contributed by atoms with E-state index in [2.05, 4.69) is 11.4 Å². The Balaban J connectivity index is 1.95. The second-order valence-electron chi connectivity index (χ2n) is 4.96. The van der Waals surface area contributed by atoms with Gasteiger partial charge in [0.2, 0.25) is 0 Å². The summed E-state index contributed by atoms with van der Waals surface area (Å²) in [6, 6.07) is 7.92. The zero-order valence-electron chi connectivity index (χ0n) is 13.1. The molecule has 7 heteroatoms. The van der Waals surface area contributed by atoms with Crippen LogP contribution in [0.5, 0.6) is 0 Å². The Labute approximate surface area is 142 Å². The Kier molecular flexibility index (Phi) is 5.45. The summed E-state index contributed by atoms with van der Waals surface area (Å²) >= 11 is 1.30. The third-order valence-corrected chi connectivity index (χ3v) is 4.49. The molecule has 0 unspecified atom stereocenters. The highest BCUT2D eigenvalue weighted by atomic mass is 32.1. The molecule has 0 bridgehead atoms. The van der Waals surface area contributed by atoms with Crippen molar-refractivity contribution in [2.45, 2.75) is 13.8 Å². The van der Waals surface area contributed by atoms with Crippen LogP contribution in [-0.4, -0.2) is 24.8 Å². The molecule has 122 valence electrons. The number of rotatable bonds is 5. The summed E-state index contributed by atoms with van der Waals surface area (Å²) in [5.41, 5.74) is 1.93. The van der Waals surface area contributed by atoms with Crippen molar-refractivity contribution in [3.8, 4) is 6.07 Å². The van der Waals surface area contributed by atoms with Gasteiger partial charge in [0.1, 0.15) is 17.4 Å². The van der Waals surface area contributed by atoms with Gasteiger partial charge in [0.15, 0.2) is 6.61 Å². The van der Waals surface area contributed by atoms with Gasteiger partial charge in [-0.2, -0.15) is 5.26 Å². The number of anilines is 1. The lowest BCUT2D eigenvalue weighted by molar-refractivity contribution is -0.119. The van der Waals surface area contributed by atoms with Crippen molar-refractivity contribution in [2.75, 3.05) is 11.9 Å². The first kappa shape index (κ1) is 17.4. The van der Waals surface area contributed by atoms with Crippen LogP contribution >= 0.6 is 11.3 Å². The Hall–Kier alpha value is -2.98. The molecule has 0 aliphatic heterocycles. The van der Waals surface area contributed by atoms with Crippen LogP contribution in [0.3, 0.4) is 0 Å². The number of hydrogen-bond acceptors (Lipinski definition) is 6. The lowest BCUT2D eigenvalue weighted by Gasteiger charge is -2.06. The number of benzene rings is 1. The van der Waals surface area contributed by atoms with Crippen molar-refractivity contribution in [3.05, 3.63) is 51.4 Å². The smallest absolute Gasteiger partial charge is 0.338 e. The average Bonchev–Trinajstić information content (AvgIpc) is 2.86. The molecule has 6 nitrogen and oxygen atoms in total. The quantitative estimate of drug-likeness (QED) is 0.666. The molecule has 1 heterocycles. The van der Waals surface area contributed by atoms with Crippen LogP contribution in [0.4, 0.5) is 5.00 Å². The Bertz CT molecular complexity index is 832. The molecule has 0 aliphatic rings. The number of ether oxygens (including phenoxy) is 1. The second kappa shape index (κ2) is 7.53. The van der Waals surface area contributed by atoms with Gasteiger partial charge in [0, 0.05) is 10.4 Å². The minimum absolute atomic E-state index is 0.244. The molecule has 0 saturated heterocycles. The van der Waals surface area contributed by atoms with Crippen molar-refractivity contribution in [3.63, 3.8) is 0 Å². The van der Waals surface area contributed by atoms with E-state index >= 15 is 0 Å². The molecule has 2 aromatic rings. The number of aldehydes is 1. The van der Waals surface area contributed by atoms with Gasteiger partial charge in [-0.15, -0.1) is 11.3 Å². The number of aryl methyl sites for hydroxylation is 1. The van der Waals surface area contributed by atoms with Gasteiger partial charge < -0.3 is 10.1 Å². The Morgan fingerprint density at radius 1 is 1.29 bits per heavy atom. The molecule has 1 N–H and O–H groups in total. The maximum Gasteiger partial charge on any atom is 0.338 e. The highest BCUT2D eigenvalue weighted by Crippen LogP contribution is 2.31. The van der Waals surface area contributed by atoms with E-state index in [1.165, 1.54) is 35.6 Å². The molecule has 24 heavy (non-hydrogen) atoms. The van der Waals surface area contributed by atoms with E-state index in [4.69, 9.17) is 10.00 Å². The summed E-state index contributed by atoms with van der Waals surface area (Å²) < 4.78 is 4.93. The number of nitrogens with one attached hydrogen (secondary N) is 1. The second-order valence-corrected chi connectivity index (χ2v) is 6.19. The molecular weight excluding hydrogens is 328 g/mol. The van der Waals surface area contributed by atoms with Gasteiger partial charge in [-0.05, 0) is 31.5 Å². The number of nitrogens with zero attached hydrogens (tertiary/aromatic N) is 1. The van der Waals surface area contributed by atoms with E-state index in [0.717, 1.165) is 10.4 Å². The number of thiophene rings is 1. The van der Waals surface area contributed by atoms with Gasteiger partial charge in [-0.3, -0.25) is 9.59 Å². The molecular formula is C17H14N2O4S. The maximum absolute atomic E-state index is 11.9. The molecule has 0 aliphatic carbocycles. The third-order valence-electron chi connectivity index (χ3n) is 3.37. The lowest BCUT2D eigenvalue weighted by Crippen LogP contribution is -2.20. The predicted octanol–water partition coefficient (Wildman–Crippen LogP) is 2.84. The van der Waals surface area contributed by atoms with Crippen LogP contribution in [-0.2, 0) is 9.53 Å². The van der Waals surface area contributed by atoms with Crippen molar-refractivity contribution in [1.29, 1.82) is 5.26 Å². The van der Waals surface area contributed by atoms with Crippen LogP contribution in [0.1, 0.15) is 36.7 Å². The lowest BCUT2D eigenvalue weighted by atomic mass is 10.1. The minimum atomic E-state index is -0.665. The van der Waals surface area contributed by atoms with Crippen LogP contribution < -0.4 is 5.32 Å². The fraction of sp³-hybridized carbons (Fsp3) is 0.176. The molecule has 1 amide bonds.